The molecule has 0 bridgehead atoms. The lowest BCUT2D eigenvalue weighted by molar-refractivity contribution is 0.122. The van der Waals surface area contributed by atoms with Gasteiger partial charge in [-0.1, -0.05) is 37.6 Å². The fourth-order valence-electron chi connectivity index (χ4n) is 4.60. The van der Waals surface area contributed by atoms with Crippen LogP contribution in [0.15, 0.2) is 35.1 Å². The molecule has 5 nitrogen and oxygen atoms in total. The van der Waals surface area contributed by atoms with Gasteiger partial charge in [-0.05, 0) is 63.8 Å². The first-order chi connectivity index (χ1) is 13.7. The molecule has 1 N–H and O–H groups in total. The Balaban J connectivity index is 1.36. The second-order valence-electron chi connectivity index (χ2n) is 8.28. The smallest absolute Gasteiger partial charge is 0.251 e. The summed E-state index contributed by atoms with van der Waals surface area (Å²) in [6, 6.07) is 10.9. The van der Waals surface area contributed by atoms with Gasteiger partial charge in [-0.25, -0.2) is 4.98 Å². The summed E-state index contributed by atoms with van der Waals surface area (Å²) in [6.07, 6.45) is 7.19. The first-order valence-electron chi connectivity index (χ1n) is 10.9. The Bertz CT molecular complexity index is 815. The summed E-state index contributed by atoms with van der Waals surface area (Å²) < 4.78 is 0. The topological polar surface area (TPSA) is 52.2 Å². The monoisotopic (exact) mass is 380 g/mol. The molecular weight excluding hydrogens is 348 g/mol. The zero-order chi connectivity index (χ0) is 19.3. The van der Waals surface area contributed by atoms with Crippen LogP contribution in [0.5, 0.6) is 0 Å². The standard InChI is InChI=1S/C23H32N4O/c1-2-5-20-16-22(28)25-23(24-20)19-8-6-18(7-9-19)17-26-14-10-21(11-15-26)27-12-3-4-13-27/h6-9,16,21H,2-5,10-15,17H2,1H3,(H,24,25,28). The minimum Gasteiger partial charge on any atom is -0.307 e. The Hall–Kier alpha value is -1.98. The van der Waals surface area contributed by atoms with Gasteiger partial charge < -0.3 is 9.88 Å². The molecule has 0 radical (unpaired) electrons. The summed E-state index contributed by atoms with van der Waals surface area (Å²) in [5, 5.41) is 0. The second-order valence-corrected chi connectivity index (χ2v) is 8.28. The van der Waals surface area contributed by atoms with Gasteiger partial charge in [0.25, 0.3) is 5.56 Å². The highest BCUT2D eigenvalue weighted by Gasteiger charge is 2.26. The Kier molecular flexibility index (Phi) is 6.23. The van der Waals surface area contributed by atoms with Crippen molar-refractivity contribution in [2.24, 2.45) is 0 Å². The molecule has 2 aliphatic heterocycles. The van der Waals surface area contributed by atoms with Crippen molar-refractivity contribution in [3.05, 3.63) is 51.9 Å². The Morgan fingerprint density at radius 2 is 1.79 bits per heavy atom. The molecule has 0 saturated carbocycles. The Labute approximate surface area is 167 Å². The number of piperidine rings is 1. The third kappa shape index (κ3) is 4.70. The normalized spacial score (nSPS) is 19.3. The van der Waals surface area contributed by atoms with Crippen LogP contribution in [0.3, 0.4) is 0 Å². The maximum Gasteiger partial charge on any atom is 0.251 e. The number of hydrogen-bond acceptors (Lipinski definition) is 4. The number of likely N-dealkylation sites (tertiary alicyclic amines) is 2. The second kappa shape index (κ2) is 9.01. The lowest BCUT2D eigenvalue weighted by Crippen LogP contribution is -2.43. The van der Waals surface area contributed by atoms with Crippen molar-refractivity contribution in [3.63, 3.8) is 0 Å². The zero-order valence-electron chi connectivity index (χ0n) is 17.0. The first-order valence-corrected chi connectivity index (χ1v) is 10.9. The molecule has 0 amide bonds. The van der Waals surface area contributed by atoms with Gasteiger partial charge in [0.15, 0.2) is 0 Å². The van der Waals surface area contributed by atoms with E-state index in [1.165, 1.54) is 57.4 Å². The van der Waals surface area contributed by atoms with Crippen LogP contribution in [0.4, 0.5) is 0 Å². The van der Waals surface area contributed by atoms with Crippen molar-refractivity contribution < 1.29 is 0 Å². The van der Waals surface area contributed by atoms with E-state index in [1.807, 2.05) is 0 Å². The number of hydrogen-bond donors (Lipinski definition) is 1. The van der Waals surface area contributed by atoms with E-state index in [0.717, 1.165) is 36.7 Å². The van der Waals surface area contributed by atoms with E-state index in [-0.39, 0.29) is 5.56 Å². The number of aromatic nitrogens is 2. The van der Waals surface area contributed by atoms with Crippen LogP contribution in [0.25, 0.3) is 11.4 Å². The first kappa shape index (κ1) is 19.3. The summed E-state index contributed by atoms with van der Waals surface area (Å²) in [5.41, 5.74) is 3.10. The molecule has 1 aromatic heterocycles. The van der Waals surface area contributed by atoms with Gasteiger partial charge in [-0.15, -0.1) is 0 Å². The number of nitrogens with one attached hydrogen (secondary N) is 1. The molecule has 0 aliphatic carbocycles. The maximum absolute atomic E-state index is 11.9. The van der Waals surface area contributed by atoms with Crippen molar-refractivity contribution in [1.29, 1.82) is 0 Å². The fraction of sp³-hybridized carbons (Fsp3) is 0.565. The highest BCUT2D eigenvalue weighted by molar-refractivity contribution is 5.55. The van der Waals surface area contributed by atoms with E-state index in [9.17, 15) is 4.79 Å². The van der Waals surface area contributed by atoms with Crippen LogP contribution in [0, 0.1) is 0 Å². The highest BCUT2D eigenvalue weighted by atomic mass is 16.1. The third-order valence-corrected chi connectivity index (χ3v) is 6.15. The van der Waals surface area contributed by atoms with E-state index in [1.54, 1.807) is 6.07 Å². The van der Waals surface area contributed by atoms with Crippen LogP contribution < -0.4 is 5.56 Å². The zero-order valence-corrected chi connectivity index (χ0v) is 17.0. The van der Waals surface area contributed by atoms with E-state index >= 15 is 0 Å². The molecular formula is C23H32N4O. The summed E-state index contributed by atoms with van der Waals surface area (Å²) in [5.74, 6) is 0.675. The molecule has 1 aromatic carbocycles. The Morgan fingerprint density at radius 1 is 1.07 bits per heavy atom. The summed E-state index contributed by atoms with van der Waals surface area (Å²) >= 11 is 0. The highest BCUT2D eigenvalue weighted by Crippen LogP contribution is 2.23. The van der Waals surface area contributed by atoms with E-state index in [2.05, 4.69) is 51.0 Å². The number of H-pyrrole nitrogens is 1. The molecule has 2 aliphatic rings. The average molecular weight is 381 g/mol. The molecule has 3 heterocycles. The summed E-state index contributed by atoms with van der Waals surface area (Å²) in [7, 11) is 0. The minimum atomic E-state index is -0.0709. The van der Waals surface area contributed by atoms with Gasteiger partial charge in [-0.3, -0.25) is 9.69 Å². The van der Waals surface area contributed by atoms with Crippen LogP contribution in [-0.4, -0.2) is 52.0 Å². The van der Waals surface area contributed by atoms with Gasteiger partial charge in [0.05, 0.1) is 0 Å². The quantitative estimate of drug-likeness (QED) is 0.834. The molecule has 4 rings (SSSR count). The lowest BCUT2D eigenvalue weighted by Gasteiger charge is -2.36. The van der Waals surface area contributed by atoms with Gasteiger partial charge in [0.1, 0.15) is 5.82 Å². The SMILES string of the molecule is CCCc1cc(=O)[nH]c(-c2ccc(CN3CCC(N4CCCC4)CC3)cc2)n1. The van der Waals surface area contributed by atoms with Gasteiger partial charge in [-0.2, -0.15) is 0 Å². The van der Waals surface area contributed by atoms with Crippen LogP contribution in [-0.2, 0) is 13.0 Å². The van der Waals surface area contributed by atoms with Crippen molar-refractivity contribution in [3.8, 4) is 11.4 Å². The maximum atomic E-state index is 11.9. The Morgan fingerprint density at radius 3 is 2.46 bits per heavy atom. The molecule has 2 aromatic rings. The molecule has 2 saturated heterocycles. The largest absolute Gasteiger partial charge is 0.307 e. The van der Waals surface area contributed by atoms with Gasteiger partial charge >= 0.3 is 0 Å². The predicted octanol–water partition coefficient (Wildman–Crippen LogP) is 3.45. The van der Waals surface area contributed by atoms with Crippen molar-refractivity contribution in [1.82, 2.24) is 19.8 Å². The van der Waals surface area contributed by atoms with E-state index in [4.69, 9.17) is 0 Å². The van der Waals surface area contributed by atoms with Gasteiger partial charge in [0.2, 0.25) is 0 Å². The van der Waals surface area contributed by atoms with Crippen LogP contribution in [0.1, 0.15) is 50.3 Å². The predicted molar refractivity (Wildman–Crippen MR) is 113 cm³/mol. The molecule has 0 unspecified atom stereocenters. The van der Waals surface area contributed by atoms with Crippen molar-refractivity contribution >= 4 is 0 Å². The van der Waals surface area contributed by atoms with E-state index < -0.39 is 0 Å². The molecule has 150 valence electrons. The van der Waals surface area contributed by atoms with Crippen molar-refractivity contribution in [2.75, 3.05) is 26.2 Å². The molecule has 0 atom stereocenters. The summed E-state index contributed by atoms with van der Waals surface area (Å²) in [4.78, 5) is 24.7. The molecule has 28 heavy (non-hydrogen) atoms. The molecule has 0 spiro atoms. The molecule has 5 heteroatoms. The molecule has 2 fully saturated rings. The van der Waals surface area contributed by atoms with Crippen molar-refractivity contribution in [2.45, 2.75) is 58.0 Å². The third-order valence-electron chi connectivity index (χ3n) is 6.15. The van der Waals surface area contributed by atoms with E-state index in [0.29, 0.717) is 5.82 Å². The lowest BCUT2D eigenvalue weighted by atomic mass is 10.0. The number of aromatic amines is 1. The number of rotatable bonds is 6. The average Bonchev–Trinajstić information content (AvgIpc) is 3.24. The number of nitrogens with zero attached hydrogens (tertiary/aromatic N) is 3. The van der Waals surface area contributed by atoms with Crippen LogP contribution in [0.2, 0.25) is 0 Å². The van der Waals surface area contributed by atoms with Crippen LogP contribution >= 0.6 is 0 Å². The number of benzene rings is 1. The summed E-state index contributed by atoms with van der Waals surface area (Å²) in [6.45, 7) is 8.11. The fourth-order valence-corrected chi connectivity index (χ4v) is 4.60. The minimum absolute atomic E-state index is 0.0709. The number of aryl methyl sites for hydroxylation is 1. The van der Waals surface area contributed by atoms with Gasteiger partial charge in [0, 0.05) is 29.9 Å².